The van der Waals surface area contributed by atoms with E-state index in [-0.39, 0.29) is 12.0 Å². The minimum Gasteiger partial charge on any atom is -0.468 e. The van der Waals surface area contributed by atoms with Crippen molar-refractivity contribution in [3.63, 3.8) is 0 Å². The molecule has 1 aromatic rings. The molecule has 1 N–H and O–H groups in total. The summed E-state index contributed by atoms with van der Waals surface area (Å²) >= 11 is 0. The Labute approximate surface area is 101 Å². The monoisotopic (exact) mass is 235 g/mol. The second-order valence-electron chi connectivity index (χ2n) is 3.86. The first-order valence-corrected chi connectivity index (χ1v) is 5.38. The van der Waals surface area contributed by atoms with Crippen LogP contribution < -0.4 is 5.32 Å². The molecule has 0 saturated heterocycles. The molecular weight excluding hydrogens is 218 g/mol. The van der Waals surface area contributed by atoms with Crippen molar-refractivity contribution in [3.8, 4) is 12.3 Å². The van der Waals surface area contributed by atoms with Gasteiger partial charge in [0.2, 0.25) is 0 Å². The van der Waals surface area contributed by atoms with Gasteiger partial charge in [-0.2, -0.15) is 0 Å². The van der Waals surface area contributed by atoms with Crippen LogP contribution in [-0.2, 0) is 9.53 Å². The van der Waals surface area contributed by atoms with Crippen LogP contribution in [0.5, 0.6) is 0 Å². The smallest absolute Gasteiger partial charge is 0.329 e. The minimum atomic E-state index is -0.582. The largest absolute Gasteiger partial charge is 0.468 e. The Hall–Kier alpha value is -1.80. The topological polar surface area (TPSA) is 56.1 Å². The molecule has 1 aromatic heterocycles. The van der Waals surface area contributed by atoms with Gasteiger partial charge in [0.15, 0.2) is 0 Å². The number of terminal acetylenes is 1. The molecule has 0 saturated carbocycles. The maximum atomic E-state index is 11.7. The molecule has 0 spiro atoms. The van der Waals surface area contributed by atoms with Gasteiger partial charge in [0.05, 0.1) is 31.9 Å². The van der Waals surface area contributed by atoms with E-state index in [2.05, 4.69) is 16.2 Å². The molecule has 0 aromatic carbocycles. The summed E-state index contributed by atoms with van der Waals surface area (Å²) in [6.07, 6.45) is 8.51. The summed E-state index contributed by atoms with van der Waals surface area (Å²) in [5.74, 6) is 2.07. The highest BCUT2D eigenvalue weighted by molar-refractivity contribution is 5.77. The van der Waals surface area contributed by atoms with Gasteiger partial charge in [-0.15, -0.1) is 6.42 Å². The molecule has 5 nitrogen and oxygen atoms in total. The van der Waals surface area contributed by atoms with Gasteiger partial charge in [-0.25, -0.2) is 9.78 Å². The van der Waals surface area contributed by atoms with Gasteiger partial charge >= 0.3 is 5.97 Å². The quantitative estimate of drug-likeness (QED) is 0.608. The number of carbonyl (C=O) groups is 1. The maximum absolute atomic E-state index is 11.7. The van der Waals surface area contributed by atoms with Crippen molar-refractivity contribution in [1.82, 2.24) is 14.9 Å². The molecule has 5 heteroatoms. The van der Waals surface area contributed by atoms with Crippen LogP contribution in [-0.4, -0.2) is 29.2 Å². The van der Waals surface area contributed by atoms with Gasteiger partial charge in [0.1, 0.15) is 6.04 Å². The lowest BCUT2D eigenvalue weighted by atomic mass is 10.2. The number of ether oxygens (including phenoxy) is 1. The van der Waals surface area contributed by atoms with Gasteiger partial charge in [0.25, 0.3) is 0 Å². The minimum absolute atomic E-state index is 0.215. The fourth-order valence-corrected chi connectivity index (χ4v) is 1.56. The van der Waals surface area contributed by atoms with Crippen molar-refractivity contribution in [2.24, 2.45) is 0 Å². The van der Waals surface area contributed by atoms with Crippen LogP contribution in [0.25, 0.3) is 0 Å². The average Bonchev–Trinajstić information content (AvgIpc) is 2.78. The summed E-state index contributed by atoms with van der Waals surface area (Å²) in [5.41, 5.74) is 0.752. The Kier molecular flexibility index (Phi) is 4.73. The zero-order chi connectivity index (χ0) is 12.8. The van der Waals surface area contributed by atoms with E-state index >= 15 is 0 Å². The van der Waals surface area contributed by atoms with E-state index in [9.17, 15) is 4.79 Å². The fourth-order valence-electron chi connectivity index (χ4n) is 1.56. The molecular formula is C12H17N3O2. The van der Waals surface area contributed by atoms with Crippen LogP contribution >= 0.6 is 0 Å². The molecule has 92 valence electrons. The second-order valence-corrected chi connectivity index (χ2v) is 3.86. The number of nitrogens with one attached hydrogen (secondary N) is 1. The number of imidazole rings is 1. The number of rotatable bonds is 5. The lowest BCUT2D eigenvalue weighted by Crippen LogP contribution is -2.32. The number of hydrogen-bond donors (Lipinski definition) is 1. The van der Waals surface area contributed by atoms with Crippen LogP contribution in [0.2, 0.25) is 0 Å². The van der Waals surface area contributed by atoms with Gasteiger partial charge in [-0.1, -0.05) is 5.92 Å². The normalized spacial score (nSPS) is 12.2. The number of carbonyl (C=O) groups excluding carboxylic acids is 1. The van der Waals surface area contributed by atoms with Crippen molar-refractivity contribution in [2.75, 3.05) is 13.7 Å². The van der Waals surface area contributed by atoms with E-state index in [0.29, 0.717) is 6.54 Å². The molecule has 1 rings (SSSR count). The molecule has 1 heterocycles. The predicted molar refractivity (Wildman–Crippen MR) is 64.2 cm³/mol. The predicted octanol–water partition coefficient (Wildman–Crippen LogP) is 0.901. The average molecular weight is 235 g/mol. The lowest BCUT2D eigenvalue weighted by Gasteiger charge is -2.19. The molecule has 0 aliphatic heterocycles. The van der Waals surface area contributed by atoms with Crippen LogP contribution in [0, 0.1) is 12.3 Å². The zero-order valence-corrected chi connectivity index (χ0v) is 10.3. The highest BCUT2D eigenvalue weighted by Crippen LogP contribution is 2.18. The van der Waals surface area contributed by atoms with Crippen molar-refractivity contribution >= 4 is 5.97 Å². The van der Waals surface area contributed by atoms with Crippen molar-refractivity contribution in [2.45, 2.75) is 25.9 Å². The van der Waals surface area contributed by atoms with Gasteiger partial charge < -0.3 is 9.30 Å². The number of hydrogen-bond acceptors (Lipinski definition) is 4. The number of methoxy groups -OCH3 is 1. The second kappa shape index (κ2) is 6.06. The molecule has 0 aliphatic carbocycles. The van der Waals surface area contributed by atoms with Gasteiger partial charge in [-0.05, 0) is 13.8 Å². The third-order valence-electron chi connectivity index (χ3n) is 2.39. The standard InChI is InChI=1S/C12H17N3O2/c1-5-6-14-11(12(16)17-4)10-7-13-8-15(10)9(2)3/h1,7-9,11,14H,6H2,2-4H3. The Balaban J connectivity index is 3.00. The van der Waals surface area contributed by atoms with E-state index in [1.54, 1.807) is 12.5 Å². The first-order chi connectivity index (χ1) is 8.11. The molecule has 0 bridgehead atoms. The van der Waals surface area contributed by atoms with Crippen LogP contribution in [0.15, 0.2) is 12.5 Å². The van der Waals surface area contributed by atoms with E-state index in [1.165, 1.54) is 7.11 Å². The highest BCUT2D eigenvalue weighted by atomic mass is 16.5. The van der Waals surface area contributed by atoms with Gasteiger partial charge in [0, 0.05) is 6.04 Å². The molecule has 0 aliphatic rings. The summed E-state index contributed by atoms with van der Waals surface area (Å²) in [6, 6.07) is -0.367. The summed E-state index contributed by atoms with van der Waals surface area (Å²) in [4.78, 5) is 15.7. The van der Waals surface area contributed by atoms with Crippen LogP contribution in [0.4, 0.5) is 0 Å². The molecule has 17 heavy (non-hydrogen) atoms. The maximum Gasteiger partial charge on any atom is 0.329 e. The summed E-state index contributed by atoms with van der Waals surface area (Å²) in [7, 11) is 1.35. The molecule has 0 fully saturated rings. The van der Waals surface area contributed by atoms with E-state index in [1.807, 2.05) is 18.4 Å². The summed E-state index contributed by atoms with van der Waals surface area (Å²) in [6.45, 7) is 4.32. The molecule has 0 radical (unpaired) electrons. The van der Waals surface area contributed by atoms with E-state index < -0.39 is 6.04 Å². The Morgan fingerprint density at radius 1 is 1.71 bits per heavy atom. The number of aromatic nitrogens is 2. The Bertz CT molecular complexity index is 418. The van der Waals surface area contributed by atoms with Crippen LogP contribution in [0.1, 0.15) is 31.6 Å². The van der Waals surface area contributed by atoms with Crippen molar-refractivity contribution in [1.29, 1.82) is 0 Å². The highest BCUT2D eigenvalue weighted by Gasteiger charge is 2.24. The summed E-state index contributed by atoms with van der Waals surface area (Å²) < 4.78 is 6.66. The van der Waals surface area contributed by atoms with E-state index in [0.717, 1.165) is 5.69 Å². The first-order valence-electron chi connectivity index (χ1n) is 5.38. The molecule has 1 unspecified atom stereocenters. The Morgan fingerprint density at radius 3 is 2.94 bits per heavy atom. The number of esters is 1. The van der Waals surface area contributed by atoms with Gasteiger partial charge in [-0.3, -0.25) is 5.32 Å². The van der Waals surface area contributed by atoms with E-state index in [4.69, 9.17) is 11.2 Å². The first kappa shape index (κ1) is 13.3. The lowest BCUT2D eigenvalue weighted by molar-refractivity contribution is -0.143. The zero-order valence-electron chi connectivity index (χ0n) is 10.3. The third kappa shape index (κ3) is 3.08. The SMILES string of the molecule is C#CCNC(C(=O)OC)c1cncn1C(C)C. The fraction of sp³-hybridized carbons (Fsp3) is 0.500. The Morgan fingerprint density at radius 2 is 2.41 bits per heavy atom. The molecule has 0 amide bonds. The molecule has 1 atom stereocenters. The van der Waals surface area contributed by atoms with Crippen molar-refractivity contribution in [3.05, 3.63) is 18.2 Å². The number of nitrogens with zero attached hydrogens (tertiary/aromatic N) is 2. The summed E-state index contributed by atoms with van der Waals surface area (Å²) in [5, 5.41) is 2.95. The third-order valence-corrected chi connectivity index (χ3v) is 2.39. The van der Waals surface area contributed by atoms with Crippen molar-refractivity contribution < 1.29 is 9.53 Å². The van der Waals surface area contributed by atoms with Crippen LogP contribution in [0.3, 0.4) is 0 Å².